The van der Waals surface area contributed by atoms with Gasteiger partial charge in [-0.25, -0.2) is 0 Å². The zero-order chi connectivity index (χ0) is 38.3. The molecule has 9 aromatic carbocycles. The van der Waals surface area contributed by atoms with Crippen molar-refractivity contribution in [2.75, 3.05) is 9.80 Å². The van der Waals surface area contributed by atoms with Gasteiger partial charge in [0.1, 0.15) is 0 Å². The summed E-state index contributed by atoms with van der Waals surface area (Å²) in [5.41, 5.74) is 15.6. The molecule has 0 N–H and O–H groups in total. The van der Waals surface area contributed by atoms with E-state index < -0.39 is 0 Å². The van der Waals surface area contributed by atoms with Gasteiger partial charge in [-0.2, -0.15) is 0 Å². The van der Waals surface area contributed by atoms with E-state index in [0.717, 1.165) is 61.9 Å². The van der Waals surface area contributed by atoms with Crippen LogP contribution in [0.3, 0.4) is 0 Å². The fraction of sp³-hybridized carbons (Fsp3) is 0.0545. The maximum Gasteiger partial charge on any atom is 0.0973 e. The first-order valence-electron chi connectivity index (χ1n) is 19.4. The molecule has 0 fully saturated rings. The molecule has 10 rings (SSSR count). The third-order valence-corrected chi connectivity index (χ3v) is 11.3. The van der Waals surface area contributed by atoms with E-state index in [1.54, 1.807) is 0 Å². The number of nitrogens with zero attached hydrogens (tertiary/aromatic N) is 2. The second-order valence-electron chi connectivity index (χ2n) is 15.1. The summed E-state index contributed by atoms with van der Waals surface area (Å²) in [5.74, 6) is 0. The van der Waals surface area contributed by atoms with Crippen LogP contribution in [0, 0.1) is 24.3 Å². The van der Waals surface area contributed by atoms with Crippen molar-refractivity contribution in [2.45, 2.75) is 19.3 Å². The highest BCUT2D eigenvalue weighted by Crippen LogP contribution is 2.50. The summed E-state index contributed by atoms with van der Waals surface area (Å²) in [6.07, 6.45) is 0. The Morgan fingerprint density at radius 1 is 0.439 bits per heavy atom. The Balaban J connectivity index is 1.01. The maximum absolute atomic E-state index is 3.52. The zero-order valence-corrected chi connectivity index (χ0v) is 31.9. The summed E-state index contributed by atoms with van der Waals surface area (Å²) in [4.78, 5) is 4.63. The zero-order valence-electron chi connectivity index (χ0n) is 31.9. The molecule has 2 nitrogen and oxygen atoms in total. The van der Waals surface area contributed by atoms with E-state index in [2.05, 4.69) is 230 Å². The molecular weight excluding hydrogens is 689 g/mol. The summed E-state index contributed by atoms with van der Waals surface area (Å²) in [6.45, 7) is 4.60. The molecule has 57 heavy (non-hydrogen) atoms. The minimum Gasteiger partial charge on any atom is -0.310 e. The number of para-hydroxylation sites is 1. The molecule has 9 aromatic rings. The van der Waals surface area contributed by atoms with Crippen molar-refractivity contribution in [3.05, 3.63) is 230 Å². The number of hydrogen-bond donors (Lipinski definition) is 0. The lowest BCUT2D eigenvalue weighted by molar-refractivity contribution is 0.660. The lowest BCUT2D eigenvalue weighted by Gasteiger charge is -2.27. The van der Waals surface area contributed by atoms with Crippen LogP contribution in [0.25, 0.3) is 44.2 Å². The van der Waals surface area contributed by atoms with Gasteiger partial charge in [0.05, 0.1) is 11.4 Å². The van der Waals surface area contributed by atoms with Gasteiger partial charge in [0.25, 0.3) is 0 Å². The van der Waals surface area contributed by atoms with Crippen molar-refractivity contribution in [3.63, 3.8) is 0 Å². The average Bonchev–Trinajstić information content (AvgIpc) is 3.50. The SMILES string of the molecule is CC1(C)c2ccc#cc2-c2ccc(N(c3c#cc(-c4ccccc4)cc3)c3ccc(-c4ccc(N(c5ccccc5)c5cccc6ccccc56)cc4)cc3)cc21. The molecule has 0 saturated heterocycles. The first-order valence-corrected chi connectivity index (χ1v) is 19.4. The highest BCUT2D eigenvalue weighted by molar-refractivity contribution is 5.99. The van der Waals surface area contributed by atoms with Crippen LogP contribution in [0.15, 0.2) is 194 Å². The van der Waals surface area contributed by atoms with E-state index in [0.29, 0.717) is 0 Å². The van der Waals surface area contributed by atoms with E-state index in [1.165, 1.54) is 27.5 Å². The van der Waals surface area contributed by atoms with Gasteiger partial charge in [0.2, 0.25) is 0 Å². The number of hydrogen-bond acceptors (Lipinski definition) is 2. The van der Waals surface area contributed by atoms with Crippen molar-refractivity contribution < 1.29 is 0 Å². The normalized spacial score (nSPS) is 12.2. The monoisotopic (exact) mass is 726 g/mol. The molecule has 0 saturated carbocycles. The van der Waals surface area contributed by atoms with Crippen molar-refractivity contribution in [3.8, 4) is 33.4 Å². The van der Waals surface area contributed by atoms with E-state index in [9.17, 15) is 0 Å². The Hall–Kier alpha value is -7.52. The minimum atomic E-state index is -0.162. The molecule has 268 valence electrons. The Morgan fingerprint density at radius 2 is 1.07 bits per heavy atom. The number of rotatable bonds is 8. The van der Waals surface area contributed by atoms with Gasteiger partial charge >= 0.3 is 0 Å². The molecule has 0 unspecified atom stereocenters. The molecule has 0 radical (unpaired) electrons. The van der Waals surface area contributed by atoms with E-state index in [4.69, 9.17) is 0 Å². The van der Waals surface area contributed by atoms with Gasteiger partial charge in [-0.3, -0.25) is 0 Å². The van der Waals surface area contributed by atoms with Crippen molar-refractivity contribution in [2.24, 2.45) is 0 Å². The summed E-state index contributed by atoms with van der Waals surface area (Å²) in [6, 6.07) is 82.6. The Bertz CT molecular complexity index is 2830. The summed E-state index contributed by atoms with van der Waals surface area (Å²) in [7, 11) is 0. The van der Waals surface area contributed by atoms with Gasteiger partial charge in [-0.15, -0.1) is 0 Å². The Labute approximate surface area is 335 Å². The van der Waals surface area contributed by atoms with Crippen LogP contribution in [0.1, 0.15) is 25.0 Å². The quantitative estimate of drug-likeness (QED) is 0.154. The topological polar surface area (TPSA) is 6.48 Å². The minimum absolute atomic E-state index is 0.162. The molecule has 1 aliphatic carbocycles. The van der Waals surface area contributed by atoms with Gasteiger partial charge in [-0.05, 0) is 124 Å². The molecular formula is C55H38N2. The van der Waals surface area contributed by atoms with E-state index in [1.807, 2.05) is 12.1 Å². The predicted molar refractivity (Wildman–Crippen MR) is 237 cm³/mol. The van der Waals surface area contributed by atoms with Crippen molar-refractivity contribution >= 4 is 44.9 Å². The van der Waals surface area contributed by atoms with Gasteiger partial charge in [0, 0.05) is 44.7 Å². The molecule has 0 atom stereocenters. The standard InChI is InChI=1S/C55H38N2/c1-55(2)52-22-12-11-21-50(52)51-37-36-48(38-53(51)55)56(45-30-24-40(25-31-45)39-14-5-3-6-15-39)46-32-26-41(27-33-46)42-28-34-47(35-29-42)57(44-18-7-4-8-19-44)54-23-13-17-43-16-9-10-20-49(43)54/h3-10,12-20,22-24,26-30,32-38H,1-2H3. The molecule has 0 aliphatic heterocycles. The van der Waals surface area contributed by atoms with Crippen molar-refractivity contribution in [1.29, 1.82) is 0 Å². The van der Waals surface area contributed by atoms with Crippen LogP contribution in [0.2, 0.25) is 0 Å². The van der Waals surface area contributed by atoms with Gasteiger partial charge < -0.3 is 9.80 Å². The third-order valence-electron chi connectivity index (χ3n) is 11.3. The van der Waals surface area contributed by atoms with E-state index in [-0.39, 0.29) is 5.41 Å². The highest BCUT2D eigenvalue weighted by atomic mass is 15.1. The lowest BCUT2D eigenvalue weighted by Crippen LogP contribution is -2.16. The van der Waals surface area contributed by atoms with Crippen LogP contribution in [-0.4, -0.2) is 0 Å². The maximum atomic E-state index is 3.52. The fourth-order valence-electron chi connectivity index (χ4n) is 8.41. The molecule has 2 heteroatoms. The summed E-state index contributed by atoms with van der Waals surface area (Å²) in [5, 5.41) is 2.43. The molecule has 0 heterocycles. The predicted octanol–water partition coefficient (Wildman–Crippen LogP) is 14.6. The first-order chi connectivity index (χ1) is 28.0. The van der Waals surface area contributed by atoms with Crippen LogP contribution < -0.4 is 9.80 Å². The Morgan fingerprint density at radius 3 is 1.79 bits per heavy atom. The van der Waals surface area contributed by atoms with Crippen LogP contribution in [0.4, 0.5) is 34.1 Å². The summed E-state index contributed by atoms with van der Waals surface area (Å²) >= 11 is 0. The number of anilines is 6. The van der Waals surface area contributed by atoms with Crippen LogP contribution in [-0.2, 0) is 5.41 Å². The average molecular weight is 727 g/mol. The lowest BCUT2D eigenvalue weighted by atomic mass is 9.82. The van der Waals surface area contributed by atoms with Crippen molar-refractivity contribution in [1.82, 2.24) is 0 Å². The van der Waals surface area contributed by atoms with Gasteiger partial charge in [0.15, 0.2) is 0 Å². The molecule has 1 aliphatic rings. The largest absolute Gasteiger partial charge is 0.310 e. The molecule has 0 amide bonds. The number of benzene rings is 7. The molecule has 0 spiro atoms. The fourth-order valence-corrected chi connectivity index (χ4v) is 8.41. The van der Waals surface area contributed by atoms with E-state index >= 15 is 0 Å². The van der Waals surface area contributed by atoms with Crippen LogP contribution >= 0.6 is 0 Å². The Kier molecular flexibility index (Phi) is 8.33. The highest BCUT2D eigenvalue weighted by Gasteiger charge is 2.36. The first kappa shape index (κ1) is 34.0. The third kappa shape index (κ3) is 6.06. The van der Waals surface area contributed by atoms with Gasteiger partial charge in [-0.1, -0.05) is 147 Å². The number of fused-ring (bicyclic) bond motifs is 4. The summed E-state index contributed by atoms with van der Waals surface area (Å²) < 4.78 is 0. The molecule has 0 aromatic heterocycles. The molecule has 0 bridgehead atoms. The second-order valence-corrected chi connectivity index (χ2v) is 15.1. The smallest absolute Gasteiger partial charge is 0.0973 e. The second kappa shape index (κ2) is 14.0. The van der Waals surface area contributed by atoms with Crippen LogP contribution in [0.5, 0.6) is 0 Å².